The molecule has 0 amide bonds. The number of nitrogens with zero attached hydrogens (tertiary/aromatic N) is 3. The third-order valence-electron chi connectivity index (χ3n) is 3.88. The minimum Gasteiger partial charge on any atom is -0.263 e. The van der Waals surface area contributed by atoms with Crippen LogP contribution in [0.3, 0.4) is 0 Å². The van der Waals surface area contributed by atoms with Gasteiger partial charge in [0.15, 0.2) is 0 Å². The van der Waals surface area contributed by atoms with Crippen LogP contribution in [-0.4, -0.2) is 25.5 Å². The monoisotopic (exact) mass is 395 g/mol. The number of hydrogen-bond acceptors (Lipinski definition) is 7. The van der Waals surface area contributed by atoms with E-state index in [1.54, 1.807) is 17.5 Å². The minimum absolute atomic E-state index is 0.827. The van der Waals surface area contributed by atoms with Crippen molar-refractivity contribution in [1.29, 1.82) is 0 Å². The van der Waals surface area contributed by atoms with E-state index < -0.39 is 0 Å². The van der Waals surface area contributed by atoms with Gasteiger partial charge in [-0.05, 0) is 19.1 Å². The molecule has 0 unspecified atom stereocenters. The second kappa shape index (κ2) is 8.88. The average molecular weight is 396 g/mol. The maximum Gasteiger partial charge on any atom is 0.124 e. The maximum absolute atomic E-state index is 6.00. The van der Waals surface area contributed by atoms with E-state index in [-0.39, 0.29) is 0 Å². The van der Waals surface area contributed by atoms with Gasteiger partial charge in [-0.15, -0.1) is 24.0 Å². The van der Waals surface area contributed by atoms with Crippen molar-refractivity contribution >= 4 is 24.0 Å². The highest BCUT2D eigenvalue weighted by molar-refractivity contribution is 7.80. The Labute approximate surface area is 166 Å². The van der Waals surface area contributed by atoms with E-state index in [2.05, 4.69) is 46.2 Å². The lowest BCUT2D eigenvalue weighted by Crippen LogP contribution is -1.90. The molecule has 0 saturated heterocycles. The summed E-state index contributed by atoms with van der Waals surface area (Å²) in [5, 5.41) is 15.1. The molecule has 0 spiro atoms. The molecule has 0 aliphatic rings. The summed E-state index contributed by atoms with van der Waals surface area (Å²) in [4.78, 5) is 14.4. The van der Waals surface area contributed by atoms with Crippen LogP contribution in [0.2, 0.25) is 0 Å². The molecule has 7 heteroatoms. The molecule has 0 aliphatic heterocycles. The second-order valence-electron chi connectivity index (χ2n) is 5.71. The zero-order valence-corrected chi connectivity index (χ0v) is 16.2. The third-order valence-corrected chi connectivity index (χ3v) is 5.00. The molecular weight excluding hydrogens is 378 g/mol. The van der Waals surface area contributed by atoms with Gasteiger partial charge in [0.1, 0.15) is 5.01 Å². The first-order chi connectivity index (χ1) is 13.2. The smallest absolute Gasteiger partial charge is 0.124 e. The Morgan fingerprint density at radius 3 is 2.44 bits per heavy atom. The number of aromatic nitrogens is 3. The lowest BCUT2D eigenvalue weighted by atomic mass is 10.0. The lowest BCUT2D eigenvalue weighted by molar-refractivity contribution is -0.176. The average Bonchev–Trinajstić information content (AvgIpc) is 3.20. The zero-order valence-electron chi connectivity index (χ0n) is 14.4. The van der Waals surface area contributed by atoms with Gasteiger partial charge in [-0.1, -0.05) is 30.3 Å². The first-order valence-corrected chi connectivity index (χ1v) is 9.36. The summed E-state index contributed by atoms with van der Waals surface area (Å²) in [6.45, 7) is 1.99. The fourth-order valence-corrected chi connectivity index (χ4v) is 3.75. The summed E-state index contributed by atoms with van der Waals surface area (Å²) >= 11 is 6.04. The summed E-state index contributed by atoms with van der Waals surface area (Å²) in [5.74, 6) is 0. The number of thiol groups is 1. The van der Waals surface area contributed by atoms with Crippen LogP contribution in [0.25, 0.3) is 33.0 Å². The van der Waals surface area contributed by atoms with E-state index in [4.69, 9.17) is 15.5 Å². The van der Waals surface area contributed by atoms with Gasteiger partial charge in [0, 0.05) is 56.8 Å². The standard InChI is InChI=1S/C20H15N3S2.H2O2/c1-13-7-17(18(11-22-13)15-8-16(24)10-21-9-15)20-23-19(12-25-20)14-5-3-2-4-6-14;1-2/h2-12,24H,1H3;1-2H. The van der Waals surface area contributed by atoms with Gasteiger partial charge in [-0.25, -0.2) is 4.98 Å². The van der Waals surface area contributed by atoms with Gasteiger partial charge in [-0.3, -0.25) is 20.5 Å². The van der Waals surface area contributed by atoms with E-state index in [1.165, 1.54) is 0 Å². The molecule has 0 bridgehead atoms. The predicted octanol–water partition coefficient (Wildman–Crippen LogP) is 5.55. The highest BCUT2D eigenvalue weighted by Gasteiger charge is 2.13. The van der Waals surface area contributed by atoms with Crippen molar-refractivity contribution in [2.24, 2.45) is 0 Å². The fourth-order valence-electron chi connectivity index (χ4n) is 2.68. The van der Waals surface area contributed by atoms with Gasteiger partial charge in [0.2, 0.25) is 0 Å². The molecule has 0 saturated carbocycles. The molecule has 5 nitrogen and oxygen atoms in total. The molecule has 0 aliphatic carbocycles. The number of hydrogen-bond donors (Lipinski definition) is 3. The molecule has 4 rings (SSSR count). The van der Waals surface area contributed by atoms with E-state index in [0.717, 1.165) is 43.5 Å². The molecule has 0 atom stereocenters. The summed E-state index contributed by atoms with van der Waals surface area (Å²) < 4.78 is 0. The highest BCUT2D eigenvalue weighted by atomic mass is 32.1. The van der Waals surface area contributed by atoms with Gasteiger partial charge in [0.05, 0.1) is 5.69 Å². The van der Waals surface area contributed by atoms with E-state index in [0.29, 0.717) is 0 Å². The van der Waals surface area contributed by atoms with E-state index in [9.17, 15) is 0 Å². The number of rotatable bonds is 3. The van der Waals surface area contributed by atoms with Crippen LogP contribution in [0.5, 0.6) is 0 Å². The molecule has 3 aromatic heterocycles. The number of pyridine rings is 2. The zero-order chi connectivity index (χ0) is 19.2. The summed E-state index contributed by atoms with van der Waals surface area (Å²) in [5.41, 5.74) is 6.15. The normalized spacial score (nSPS) is 10.2. The maximum atomic E-state index is 6.00. The SMILES string of the molecule is Cc1cc(-c2nc(-c3ccccc3)cs2)c(-c2cncc(S)c2)cn1.OO. The third kappa shape index (κ3) is 4.40. The molecule has 2 N–H and O–H groups in total. The van der Waals surface area contributed by atoms with Crippen molar-refractivity contribution in [2.45, 2.75) is 11.8 Å². The van der Waals surface area contributed by atoms with Gasteiger partial charge in [0.25, 0.3) is 0 Å². The highest BCUT2D eigenvalue weighted by Crippen LogP contribution is 2.36. The molecule has 3 heterocycles. The predicted molar refractivity (Wildman–Crippen MR) is 111 cm³/mol. The Hall–Kier alpha value is -2.58. The van der Waals surface area contributed by atoms with E-state index >= 15 is 0 Å². The van der Waals surface area contributed by atoms with Gasteiger partial charge >= 0.3 is 0 Å². The van der Waals surface area contributed by atoms with Crippen LogP contribution in [0, 0.1) is 6.92 Å². The van der Waals surface area contributed by atoms with Crippen molar-refractivity contribution < 1.29 is 10.5 Å². The van der Waals surface area contributed by atoms with Crippen LogP contribution in [0.1, 0.15) is 5.69 Å². The van der Waals surface area contributed by atoms with Crippen LogP contribution in [0.4, 0.5) is 0 Å². The molecule has 0 radical (unpaired) electrons. The quantitative estimate of drug-likeness (QED) is 0.241. The Kier molecular flexibility index (Phi) is 6.31. The number of thiazole rings is 1. The lowest BCUT2D eigenvalue weighted by Gasteiger charge is -2.08. The Bertz CT molecular complexity index is 1040. The molecule has 1 aromatic carbocycles. The number of benzene rings is 1. The molecular formula is C20H17N3O2S2. The van der Waals surface area contributed by atoms with Crippen molar-refractivity contribution in [3.05, 3.63) is 72.1 Å². The first kappa shape index (κ1) is 19.2. The summed E-state index contributed by atoms with van der Waals surface area (Å²) in [6.07, 6.45) is 5.45. The van der Waals surface area contributed by atoms with Crippen molar-refractivity contribution in [1.82, 2.24) is 15.0 Å². The fraction of sp³-hybridized carbons (Fsp3) is 0.0500. The van der Waals surface area contributed by atoms with Crippen molar-refractivity contribution in [2.75, 3.05) is 0 Å². The molecule has 0 fully saturated rings. The van der Waals surface area contributed by atoms with Crippen LogP contribution in [0.15, 0.2) is 71.3 Å². The first-order valence-electron chi connectivity index (χ1n) is 8.03. The van der Waals surface area contributed by atoms with Crippen LogP contribution in [-0.2, 0) is 0 Å². The minimum atomic E-state index is 0.827. The Balaban J connectivity index is 0.00000102. The Morgan fingerprint density at radius 1 is 0.926 bits per heavy atom. The van der Waals surface area contributed by atoms with Gasteiger partial charge in [-0.2, -0.15) is 0 Å². The topological polar surface area (TPSA) is 79.1 Å². The van der Waals surface area contributed by atoms with Crippen LogP contribution >= 0.6 is 24.0 Å². The van der Waals surface area contributed by atoms with Gasteiger partial charge < -0.3 is 0 Å². The van der Waals surface area contributed by atoms with Crippen molar-refractivity contribution in [3.63, 3.8) is 0 Å². The summed E-state index contributed by atoms with van der Waals surface area (Å²) in [6, 6.07) is 14.3. The summed E-state index contributed by atoms with van der Waals surface area (Å²) in [7, 11) is 0. The molecule has 27 heavy (non-hydrogen) atoms. The second-order valence-corrected chi connectivity index (χ2v) is 7.08. The van der Waals surface area contributed by atoms with Crippen LogP contribution < -0.4 is 0 Å². The van der Waals surface area contributed by atoms with Crippen molar-refractivity contribution in [3.8, 4) is 33.0 Å². The van der Waals surface area contributed by atoms with E-state index in [1.807, 2.05) is 43.6 Å². The Morgan fingerprint density at radius 2 is 1.70 bits per heavy atom. The number of aryl methyl sites for hydroxylation is 1. The largest absolute Gasteiger partial charge is 0.263 e. The molecule has 4 aromatic rings. The molecule has 136 valence electrons.